The Bertz CT molecular complexity index is 668. The second kappa shape index (κ2) is 8.96. The largest absolute Gasteiger partial charge is 0.494 e. The molecule has 0 saturated carbocycles. The number of rotatable bonds is 8. The zero-order chi connectivity index (χ0) is 17.4. The van der Waals surface area contributed by atoms with Gasteiger partial charge >= 0.3 is 0 Å². The summed E-state index contributed by atoms with van der Waals surface area (Å²) < 4.78 is 5.52. The zero-order valence-corrected chi connectivity index (χ0v) is 14.6. The van der Waals surface area contributed by atoms with Gasteiger partial charge in [-0.1, -0.05) is 32.0 Å². The molecular formula is C20H26N2O2. The van der Waals surface area contributed by atoms with Crippen molar-refractivity contribution >= 4 is 17.3 Å². The molecule has 24 heavy (non-hydrogen) atoms. The minimum atomic E-state index is 0.0477. The number of ether oxygens (including phenoxy) is 1. The van der Waals surface area contributed by atoms with E-state index in [0.717, 1.165) is 22.7 Å². The van der Waals surface area contributed by atoms with Crippen molar-refractivity contribution in [2.24, 2.45) is 5.92 Å². The lowest BCUT2D eigenvalue weighted by Gasteiger charge is -2.11. The Balaban J connectivity index is 1.94. The van der Waals surface area contributed by atoms with Gasteiger partial charge in [0.1, 0.15) is 5.75 Å². The third-order valence-electron chi connectivity index (χ3n) is 3.45. The van der Waals surface area contributed by atoms with E-state index in [0.29, 0.717) is 25.5 Å². The highest BCUT2D eigenvalue weighted by molar-refractivity contribution is 5.91. The molecule has 0 atom stereocenters. The maximum atomic E-state index is 11.9. The van der Waals surface area contributed by atoms with Crippen LogP contribution in [0.4, 0.5) is 11.4 Å². The molecule has 0 aromatic heterocycles. The van der Waals surface area contributed by atoms with Crippen LogP contribution in [0.5, 0.6) is 5.75 Å². The van der Waals surface area contributed by atoms with E-state index in [9.17, 15) is 4.79 Å². The Morgan fingerprint density at radius 3 is 2.58 bits per heavy atom. The van der Waals surface area contributed by atoms with Crippen molar-refractivity contribution in [3.8, 4) is 5.75 Å². The van der Waals surface area contributed by atoms with Crippen molar-refractivity contribution in [2.75, 3.05) is 17.2 Å². The molecule has 2 rings (SSSR count). The van der Waals surface area contributed by atoms with Gasteiger partial charge in [0.15, 0.2) is 0 Å². The van der Waals surface area contributed by atoms with E-state index in [1.165, 1.54) is 0 Å². The Morgan fingerprint density at radius 2 is 1.83 bits per heavy atom. The van der Waals surface area contributed by atoms with Gasteiger partial charge in [0, 0.05) is 24.3 Å². The molecular weight excluding hydrogens is 300 g/mol. The maximum Gasteiger partial charge on any atom is 0.224 e. The molecule has 0 aliphatic carbocycles. The SMILES string of the molecule is CCOc1cccc(CNc2cccc(NC(=O)CC(C)C)c2)c1. The van der Waals surface area contributed by atoms with Crippen LogP contribution in [0.1, 0.15) is 32.8 Å². The van der Waals surface area contributed by atoms with Crippen molar-refractivity contribution in [3.05, 3.63) is 54.1 Å². The molecule has 2 aromatic rings. The van der Waals surface area contributed by atoms with Gasteiger partial charge in [-0.05, 0) is 48.7 Å². The van der Waals surface area contributed by atoms with Crippen molar-refractivity contribution in [1.29, 1.82) is 0 Å². The number of benzene rings is 2. The number of carbonyl (C=O) groups excluding carboxylic acids is 1. The summed E-state index contributed by atoms with van der Waals surface area (Å²) in [7, 11) is 0. The normalized spacial score (nSPS) is 10.5. The second-order valence-corrected chi connectivity index (χ2v) is 6.16. The standard InChI is InChI=1S/C20H26N2O2/c1-4-24-19-10-5-7-16(12-19)14-21-17-8-6-9-18(13-17)22-20(23)11-15(2)3/h5-10,12-13,15,21H,4,11,14H2,1-3H3,(H,22,23). The smallest absolute Gasteiger partial charge is 0.224 e. The molecule has 0 unspecified atom stereocenters. The molecule has 2 aromatic carbocycles. The van der Waals surface area contributed by atoms with Crippen LogP contribution < -0.4 is 15.4 Å². The second-order valence-electron chi connectivity index (χ2n) is 6.16. The van der Waals surface area contributed by atoms with Gasteiger partial charge in [-0.25, -0.2) is 0 Å². The van der Waals surface area contributed by atoms with Crippen LogP contribution in [0.3, 0.4) is 0 Å². The first-order valence-electron chi connectivity index (χ1n) is 8.42. The predicted molar refractivity (Wildman–Crippen MR) is 99.5 cm³/mol. The Labute approximate surface area is 144 Å². The fraction of sp³-hybridized carbons (Fsp3) is 0.350. The number of hydrogen-bond donors (Lipinski definition) is 2. The van der Waals surface area contributed by atoms with Crippen LogP contribution in [0.15, 0.2) is 48.5 Å². The molecule has 0 spiro atoms. The van der Waals surface area contributed by atoms with Gasteiger partial charge in [-0.2, -0.15) is 0 Å². The lowest BCUT2D eigenvalue weighted by Crippen LogP contribution is -2.13. The number of nitrogens with one attached hydrogen (secondary N) is 2. The molecule has 0 bridgehead atoms. The number of amides is 1. The highest BCUT2D eigenvalue weighted by atomic mass is 16.5. The Hall–Kier alpha value is -2.49. The van der Waals surface area contributed by atoms with Crippen LogP contribution in [0, 0.1) is 5.92 Å². The highest BCUT2D eigenvalue weighted by Gasteiger charge is 2.05. The van der Waals surface area contributed by atoms with Gasteiger partial charge < -0.3 is 15.4 Å². The lowest BCUT2D eigenvalue weighted by atomic mass is 10.1. The first kappa shape index (κ1) is 17.9. The Morgan fingerprint density at radius 1 is 1.08 bits per heavy atom. The van der Waals surface area contributed by atoms with Crippen molar-refractivity contribution in [3.63, 3.8) is 0 Å². The highest BCUT2D eigenvalue weighted by Crippen LogP contribution is 2.18. The molecule has 0 radical (unpaired) electrons. The fourth-order valence-electron chi connectivity index (χ4n) is 2.41. The molecule has 2 N–H and O–H groups in total. The van der Waals surface area contributed by atoms with Crippen molar-refractivity contribution in [1.82, 2.24) is 0 Å². The third kappa shape index (κ3) is 5.95. The van der Waals surface area contributed by atoms with E-state index >= 15 is 0 Å². The van der Waals surface area contributed by atoms with Crippen molar-refractivity contribution < 1.29 is 9.53 Å². The summed E-state index contributed by atoms with van der Waals surface area (Å²) in [6.45, 7) is 7.41. The molecule has 0 heterocycles. The topological polar surface area (TPSA) is 50.4 Å². The fourth-order valence-corrected chi connectivity index (χ4v) is 2.41. The van der Waals surface area contributed by atoms with E-state index in [-0.39, 0.29) is 5.91 Å². The van der Waals surface area contributed by atoms with Gasteiger partial charge in [-0.3, -0.25) is 4.79 Å². The lowest BCUT2D eigenvalue weighted by molar-refractivity contribution is -0.116. The maximum absolute atomic E-state index is 11.9. The summed E-state index contributed by atoms with van der Waals surface area (Å²) >= 11 is 0. The molecule has 0 fully saturated rings. The minimum Gasteiger partial charge on any atom is -0.494 e. The molecule has 0 saturated heterocycles. The first-order valence-corrected chi connectivity index (χ1v) is 8.42. The number of hydrogen-bond acceptors (Lipinski definition) is 3. The van der Waals surface area contributed by atoms with Gasteiger partial charge in [0.25, 0.3) is 0 Å². The molecule has 128 valence electrons. The van der Waals surface area contributed by atoms with E-state index in [1.54, 1.807) is 0 Å². The van der Waals surface area contributed by atoms with E-state index < -0.39 is 0 Å². The van der Waals surface area contributed by atoms with E-state index in [1.807, 2.05) is 63.2 Å². The zero-order valence-electron chi connectivity index (χ0n) is 14.6. The molecule has 1 amide bonds. The third-order valence-corrected chi connectivity index (χ3v) is 3.45. The number of anilines is 2. The van der Waals surface area contributed by atoms with Crippen LogP contribution in [0.25, 0.3) is 0 Å². The summed E-state index contributed by atoms with van der Waals surface area (Å²) in [6, 6.07) is 15.8. The van der Waals surface area contributed by atoms with Crippen LogP contribution >= 0.6 is 0 Å². The quantitative estimate of drug-likeness (QED) is 0.740. The average molecular weight is 326 g/mol. The first-order chi connectivity index (χ1) is 11.6. The van der Waals surface area contributed by atoms with E-state index in [4.69, 9.17) is 4.74 Å². The summed E-state index contributed by atoms with van der Waals surface area (Å²) in [5.74, 6) is 1.28. The molecule has 0 aliphatic heterocycles. The van der Waals surface area contributed by atoms with E-state index in [2.05, 4.69) is 16.7 Å². The van der Waals surface area contributed by atoms with Crippen LogP contribution in [0.2, 0.25) is 0 Å². The molecule has 0 aliphatic rings. The number of carbonyl (C=O) groups is 1. The van der Waals surface area contributed by atoms with Gasteiger partial charge in [0.05, 0.1) is 6.61 Å². The molecule has 4 nitrogen and oxygen atoms in total. The monoisotopic (exact) mass is 326 g/mol. The summed E-state index contributed by atoms with van der Waals surface area (Å²) in [4.78, 5) is 11.9. The average Bonchev–Trinajstić information content (AvgIpc) is 2.53. The summed E-state index contributed by atoms with van der Waals surface area (Å²) in [5, 5.41) is 6.32. The van der Waals surface area contributed by atoms with Gasteiger partial charge in [0.2, 0.25) is 5.91 Å². The van der Waals surface area contributed by atoms with Crippen LogP contribution in [-0.4, -0.2) is 12.5 Å². The van der Waals surface area contributed by atoms with Crippen molar-refractivity contribution in [2.45, 2.75) is 33.7 Å². The van der Waals surface area contributed by atoms with Crippen LogP contribution in [-0.2, 0) is 11.3 Å². The summed E-state index contributed by atoms with van der Waals surface area (Å²) in [5.41, 5.74) is 2.93. The predicted octanol–water partition coefficient (Wildman–Crippen LogP) is 4.68. The van der Waals surface area contributed by atoms with Gasteiger partial charge in [-0.15, -0.1) is 0 Å². The molecule has 4 heteroatoms. The summed E-state index contributed by atoms with van der Waals surface area (Å²) in [6.07, 6.45) is 0.530. The minimum absolute atomic E-state index is 0.0477. The Kier molecular flexibility index (Phi) is 6.67.